The Morgan fingerprint density at radius 2 is 1.82 bits per heavy atom. The number of ether oxygens (including phenoxy) is 1. The highest BCUT2D eigenvalue weighted by molar-refractivity contribution is 6.30. The Bertz CT molecular complexity index is 527. The summed E-state index contributed by atoms with van der Waals surface area (Å²) in [7, 11) is 1.62. The van der Waals surface area contributed by atoms with Crippen molar-refractivity contribution in [1.29, 1.82) is 0 Å². The average Bonchev–Trinajstić information content (AvgIpc) is 3.32. The van der Waals surface area contributed by atoms with Crippen LogP contribution in [0.5, 0.6) is 0 Å². The molecule has 5 nitrogen and oxygen atoms in total. The van der Waals surface area contributed by atoms with E-state index in [0.29, 0.717) is 37.6 Å². The molecular weight excluding hydrogens is 304 g/mol. The molecule has 22 heavy (non-hydrogen) atoms. The van der Waals surface area contributed by atoms with Gasteiger partial charge in [-0.3, -0.25) is 9.59 Å². The molecule has 0 heterocycles. The first kappa shape index (κ1) is 16.8. The number of nitrogens with one attached hydrogen (secondary N) is 2. The molecule has 2 amide bonds. The van der Waals surface area contributed by atoms with E-state index in [-0.39, 0.29) is 11.8 Å². The highest BCUT2D eigenvalue weighted by Gasteiger charge is 2.56. The molecule has 1 aliphatic rings. The largest absolute Gasteiger partial charge is 0.385 e. The molecule has 0 radical (unpaired) electrons. The van der Waals surface area contributed by atoms with Crippen LogP contribution in [0.25, 0.3) is 0 Å². The lowest BCUT2D eigenvalue weighted by Gasteiger charge is -2.15. The standard InChI is InChI=1S/C16H21ClN2O3/c1-22-10-2-9-18-14(20)16(7-8-16)15(21)19-11-12-3-5-13(17)6-4-12/h3-6H,2,7-11H2,1H3,(H,18,20)(H,19,21). The first-order valence-electron chi connectivity index (χ1n) is 7.38. The van der Waals surface area contributed by atoms with Crippen molar-refractivity contribution in [2.24, 2.45) is 5.41 Å². The second-order valence-electron chi connectivity index (χ2n) is 5.49. The molecule has 0 aliphatic heterocycles. The minimum atomic E-state index is -0.875. The van der Waals surface area contributed by atoms with Gasteiger partial charge in [-0.1, -0.05) is 23.7 Å². The van der Waals surface area contributed by atoms with E-state index >= 15 is 0 Å². The van der Waals surface area contributed by atoms with Crippen LogP contribution in [0.2, 0.25) is 5.02 Å². The monoisotopic (exact) mass is 324 g/mol. The van der Waals surface area contributed by atoms with Gasteiger partial charge in [0.25, 0.3) is 0 Å². The summed E-state index contributed by atoms with van der Waals surface area (Å²) in [4.78, 5) is 24.4. The van der Waals surface area contributed by atoms with Gasteiger partial charge in [-0.15, -0.1) is 0 Å². The number of hydrogen-bond acceptors (Lipinski definition) is 3. The first-order chi connectivity index (χ1) is 10.6. The van der Waals surface area contributed by atoms with Crippen LogP contribution in [-0.2, 0) is 20.9 Å². The van der Waals surface area contributed by atoms with E-state index < -0.39 is 5.41 Å². The zero-order valence-corrected chi connectivity index (χ0v) is 13.4. The number of benzene rings is 1. The SMILES string of the molecule is COCCCNC(=O)C1(C(=O)NCc2ccc(Cl)cc2)CC1. The summed E-state index contributed by atoms with van der Waals surface area (Å²) in [6.45, 7) is 1.52. The summed E-state index contributed by atoms with van der Waals surface area (Å²) < 4.78 is 4.93. The van der Waals surface area contributed by atoms with Crippen LogP contribution in [0.3, 0.4) is 0 Å². The van der Waals surface area contributed by atoms with E-state index in [1.165, 1.54) is 0 Å². The fourth-order valence-corrected chi connectivity index (χ4v) is 2.35. The van der Waals surface area contributed by atoms with Gasteiger partial charge in [0.1, 0.15) is 5.41 Å². The van der Waals surface area contributed by atoms with Crippen molar-refractivity contribution in [2.75, 3.05) is 20.3 Å². The highest BCUT2D eigenvalue weighted by Crippen LogP contribution is 2.46. The van der Waals surface area contributed by atoms with Crippen molar-refractivity contribution in [3.8, 4) is 0 Å². The summed E-state index contributed by atoms with van der Waals surface area (Å²) in [6, 6.07) is 7.26. The van der Waals surface area contributed by atoms with E-state index in [1.807, 2.05) is 12.1 Å². The maximum atomic E-state index is 12.3. The molecule has 0 bridgehead atoms. The number of rotatable bonds is 8. The lowest BCUT2D eigenvalue weighted by molar-refractivity contribution is -0.137. The van der Waals surface area contributed by atoms with Crippen molar-refractivity contribution in [3.63, 3.8) is 0 Å². The van der Waals surface area contributed by atoms with Gasteiger partial charge in [0.15, 0.2) is 0 Å². The van der Waals surface area contributed by atoms with Crippen LogP contribution in [0, 0.1) is 5.41 Å². The van der Waals surface area contributed by atoms with E-state index in [2.05, 4.69) is 10.6 Å². The van der Waals surface area contributed by atoms with Crippen LogP contribution in [0.4, 0.5) is 0 Å². The maximum Gasteiger partial charge on any atom is 0.235 e. The Labute approximate surface area is 135 Å². The van der Waals surface area contributed by atoms with Gasteiger partial charge in [-0.05, 0) is 37.0 Å². The number of halogens is 1. The van der Waals surface area contributed by atoms with E-state index in [4.69, 9.17) is 16.3 Å². The van der Waals surface area contributed by atoms with Gasteiger partial charge in [0, 0.05) is 31.8 Å². The van der Waals surface area contributed by atoms with E-state index in [0.717, 1.165) is 12.0 Å². The Hall–Kier alpha value is -1.59. The molecule has 1 aromatic rings. The van der Waals surface area contributed by atoms with E-state index in [1.54, 1.807) is 19.2 Å². The second kappa shape index (κ2) is 7.61. The zero-order valence-electron chi connectivity index (χ0n) is 12.7. The fourth-order valence-electron chi connectivity index (χ4n) is 2.22. The molecule has 1 fully saturated rings. The van der Waals surface area contributed by atoms with Gasteiger partial charge in [-0.25, -0.2) is 0 Å². The molecule has 2 rings (SSSR count). The fraction of sp³-hybridized carbons (Fsp3) is 0.500. The molecule has 0 saturated heterocycles. The molecule has 1 saturated carbocycles. The van der Waals surface area contributed by atoms with Crippen LogP contribution < -0.4 is 10.6 Å². The topological polar surface area (TPSA) is 67.4 Å². The second-order valence-corrected chi connectivity index (χ2v) is 5.93. The molecule has 0 unspecified atom stereocenters. The minimum absolute atomic E-state index is 0.183. The highest BCUT2D eigenvalue weighted by atomic mass is 35.5. The quantitative estimate of drug-likeness (QED) is 0.567. The molecule has 0 atom stereocenters. The number of methoxy groups -OCH3 is 1. The van der Waals surface area contributed by atoms with Crippen LogP contribution in [0.15, 0.2) is 24.3 Å². The summed E-state index contributed by atoms with van der Waals surface area (Å²) in [5.74, 6) is -0.385. The molecular formula is C16H21ClN2O3. The van der Waals surface area contributed by atoms with Crippen molar-refractivity contribution in [2.45, 2.75) is 25.8 Å². The van der Waals surface area contributed by atoms with Crippen LogP contribution in [-0.4, -0.2) is 32.1 Å². The Kier molecular flexibility index (Phi) is 5.80. The summed E-state index contributed by atoms with van der Waals surface area (Å²) in [5.41, 5.74) is 0.0773. The molecule has 1 aromatic carbocycles. The number of carbonyl (C=O) groups is 2. The molecule has 0 spiro atoms. The Morgan fingerprint density at radius 1 is 1.18 bits per heavy atom. The smallest absolute Gasteiger partial charge is 0.235 e. The van der Waals surface area contributed by atoms with Crippen LogP contribution >= 0.6 is 11.6 Å². The zero-order chi connectivity index (χ0) is 16.0. The lowest BCUT2D eigenvalue weighted by atomic mass is 10.0. The number of amides is 2. The average molecular weight is 325 g/mol. The summed E-state index contributed by atoms with van der Waals surface area (Å²) in [6.07, 6.45) is 1.95. The van der Waals surface area contributed by atoms with Gasteiger partial charge < -0.3 is 15.4 Å². The minimum Gasteiger partial charge on any atom is -0.385 e. The van der Waals surface area contributed by atoms with Gasteiger partial charge in [0.2, 0.25) is 11.8 Å². The molecule has 0 aromatic heterocycles. The normalized spacial score (nSPS) is 15.2. The predicted octanol–water partition coefficient (Wildman–Crippen LogP) is 1.89. The van der Waals surface area contributed by atoms with Crippen molar-refractivity contribution >= 4 is 23.4 Å². The van der Waals surface area contributed by atoms with Crippen molar-refractivity contribution in [3.05, 3.63) is 34.9 Å². The van der Waals surface area contributed by atoms with Gasteiger partial charge in [0.05, 0.1) is 0 Å². The predicted molar refractivity (Wildman–Crippen MR) is 84.5 cm³/mol. The molecule has 2 N–H and O–H groups in total. The Balaban J connectivity index is 1.80. The van der Waals surface area contributed by atoms with Crippen molar-refractivity contribution < 1.29 is 14.3 Å². The Morgan fingerprint density at radius 3 is 2.41 bits per heavy atom. The third-order valence-electron chi connectivity index (χ3n) is 3.80. The van der Waals surface area contributed by atoms with Gasteiger partial charge >= 0.3 is 0 Å². The lowest BCUT2D eigenvalue weighted by Crippen LogP contribution is -2.43. The summed E-state index contributed by atoms with van der Waals surface area (Å²) in [5, 5.41) is 6.30. The molecule has 1 aliphatic carbocycles. The molecule has 6 heteroatoms. The van der Waals surface area contributed by atoms with Crippen LogP contribution in [0.1, 0.15) is 24.8 Å². The third-order valence-corrected chi connectivity index (χ3v) is 4.05. The van der Waals surface area contributed by atoms with Gasteiger partial charge in [-0.2, -0.15) is 0 Å². The first-order valence-corrected chi connectivity index (χ1v) is 7.76. The molecule has 120 valence electrons. The van der Waals surface area contributed by atoms with Crippen molar-refractivity contribution in [1.82, 2.24) is 10.6 Å². The number of hydrogen-bond donors (Lipinski definition) is 2. The number of carbonyl (C=O) groups excluding carboxylic acids is 2. The third kappa shape index (κ3) is 4.21. The summed E-state index contributed by atoms with van der Waals surface area (Å²) >= 11 is 5.82. The maximum absolute atomic E-state index is 12.3. The van der Waals surface area contributed by atoms with E-state index in [9.17, 15) is 9.59 Å².